The summed E-state index contributed by atoms with van der Waals surface area (Å²) in [5, 5.41) is 20.6. The third kappa shape index (κ3) is 2.32. The molecule has 2 aromatic heterocycles. The Balaban J connectivity index is 2.18. The van der Waals surface area contributed by atoms with Crippen LogP contribution >= 0.6 is 0 Å². The van der Waals surface area contributed by atoms with E-state index in [0.29, 0.717) is 23.9 Å². The SMILES string of the molecule is CCc1nnc(Cn2cc(C(=O)O)c(C)n2)o1. The first-order valence-electron chi connectivity index (χ1n) is 5.18. The lowest BCUT2D eigenvalue weighted by Gasteiger charge is -1.94. The van der Waals surface area contributed by atoms with E-state index in [-0.39, 0.29) is 12.1 Å². The van der Waals surface area contributed by atoms with E-state index in [1.165, 1.54) is 10.9 Å². The maximum absolute atomic E-state index is 10.8. The molecule has 0 aliphatic rings. The summed E-state index contributed by atoms with van der Waals surface area (Å²) in [6.07, 6.45) is 2.12. The average molecular weight is 236 g/mol. The van der Waals surface area contributed by atoms with Crippen LogP contribution in [0.25, 0.3) is 0 Å². The quantitative estimate of drug-likeness (QED) is 0.846. The van der Waals surface area contributed by atoms with Crippen LogP contribution in [0, 0.1) is 6.92 Å². The van der Waals surface area contributed by atoms with Crippen LogP contribution < -0.4 is 0 Å². The van der Waals surface area contributed by atoms with Crippen molar-refractivity contribution in [1.29, 1.82) is 0 Å². The first-order chi connectivity index (χ1) is 8.10. The summed E-state index contributed by atoms with van der Waals surface area (Å²) in [5.74, 6) is -0.0165. The molecule has 7 nitrogen and oxygen atoms in total. The lowest BCUT2D eigenvalue weighted by atomic mass is 10.3. The van der Waals surface area contributed by atoms with E-state index < -0.39 is 5.97 Å². The minimum absolute atomic E-state index is 0.181. The van der Waals surface area contributed by atoms with E-state index in [1.54, 1.807) is 6.92 Å². The number of hydrogen-bond acceptors (Lipinski definition) is 5. The molecule has 0 unspecified atom stereocenters. The molecule has 0 fully saturated rings. The van der Waals surface area contributed by atoms with Gasteiger partial charge < -0.3 is 9.52 Å². The molecule has 90 valence electrons. The fourth-order valence-corrected chi connectivity index (χ4v) is 1.44. The van der Waals surface area contributed by atoms with Crippen molar-refractivity contribution in [3.8, 4) is 0 Å². The molecule has 17 heavy (non-hydrogen) atoms. The number of rotatable bonds is 4. The van der Waals surface area contributed by atoms with Gasteiger partial charge in [0.15, 0.2) is 0 Å². The van der Waals surface area contributed by atoms with Crippen molar-refractivity contribution < 1.29 is 14.3 Å². The molecule has 0 aliphatic carbocycles. The molecule has 2 aromatic rings. The van der Waals surface area contributed by atoms with Gasteiger partial charge in [-0.3, -0.25) is 4.68 Å². The lowest BCUT2D eigenvalue weighted by molar-refractivity contribution is 0.0696. The van der Waals surface area contributed by atoms with Crippen LogP contribution in [0.15, 0.2) is 10.6 Å². The molecule has 0 amide bonds. The highest BCUT2D eigenvalue weighted by molar-refractivity contribution is 5.88. The van der Waals surface area contributed by atoms with E-state index in [1.807, 2.05) is 6.92 Å². The van der Waals surface area contributed by atoms with E-state index in [9.17, 15) is 4.79 Å². The minimum atomic E-state index is -0.992. The maximum Gasteiger partial charge on any atom is 0.339 e. The van der Waals surface area contributed by atoms with Crippen LogP contribution in [0.5, 0.6) is 0 Å². The number of carboxylic acids is 1. The van der Waals surface area contributed by atoms with Crippen molar-refractivity contribution in [2.45, 2.75) is 26.8 Å². The Morgan fingerprint density at radius 1 is 1.47 bits per heavy atom. The number of carbonyl (C=O) groups is 1. The molecular formula is C10H12N4O3. The monoisotopic (exact) mass is 236 g/mol. The van der Waals surface area contributed by atoms with Crippen LogP contribution in [0.2, 0.25) is 0 Å². The zero-order valence-electron chi connectivity index (χ0n) is 9.54. The molecule has 0 saturated carbocycles. The molecule has 0 spiro atoms. The fraction of sp³-hybridized carbons (Fsp3) is 0.400. The van der Waals surface area contributed by atoms with E-state index in [0.717, 1.165) is 0 Å². The number of aryl methyl sites for hydroxylation is 2. The Kier molecular flexibility index (Phi) is 2.90. The number of hydrogen-bond donors (Lipinski definition) is 1. The van der Waals surface area contributed by atoms with Crippen LogP contribution in [-0.4, -0.2) is 31.1 Å². The third-order valence-corrected chi connectivity index (χ3v) is 2.29. The van der Waals surface area contributed by atoms with Gasteiger partial charge in [0, 0.05) is 12.6 Å². The summed E-state index contributed by atoms with van der Waals surface area (Å²) < 4.78 is 6.79. The molecule has 0 aromatic carbocycles. The first-order valence-corrected chi connectivity index (χ1v) is 5.18. The van der Waals surface area contributed by atoms with Crippen LogP contribution in [0.1, 0.15) is 34.8 Å². The molecule has 0 radical (unpaired) electrons. The van der Waals surface area contributed by atoms with E-state index in [2.05, 4.69) is 15.3 Å². The van der Waals surface area contributed by atoms with E-state index in [4.69, 9.17) is 9.52 Å². The van der Waals surface area contributed by atoms with Crippen molar-refractivity contribution in [2.75, 3.05) is 0 Å². The predicted octanol–water partition coefficient (Wildman–Crippen LogP) is 0.883. The van der Waals surface area contributed by atoms with Crippen LogP contribution in [0.3, 0.4) is 0 Å². The number of carboxylic acid groups (broad SMARTS) is 1. The highest BCUT2D eigenvalue weighted by Crippen LogP contribution is 2.08. The minimum Gasteiger partial charge on any atom is -0.478 e. The molecule has 0 saturated heterocycles. The number of aromatic nitrogens is 4. The standard InChI is InChI=1S/C10H12N4O3/c1-3-8-11-12-9(17-8)5-14-4-7(10(15)16)6(2)13-14/h4H,3,5H2,1-2H3,(H,15,16). The second-order valence-electron chi connectivity index (χ2n) is 3.57. The summed E-state index contributed by atoms with van der Waals surface area (Å²) in [4.78, 5) is 10.8. The van der Waals surface area contributed by atoms with Gasteiger partial charge in [-0.1, -0.05) is 6.92 Å². The molecule has 7 heteroatoms. The third-order valence-electron chi connectivity index (χ3n) is 2.29. The van der Waals surface area contributed by atoms with Gasteiger partial charge in [0.05, 0.1) is 5.69 Å². The van der Waals surface area contributed by atoms with Crippen molar-refractivity contribution in [2.24, 2.45) is 0 Å². The Morgan fingerprint density at radius 2 is 2.18 bits per heavy atom. The van der Waals surface area contributed by atoms with Crippen molar-refractivity contribution in [3.05, 3.63) is 29.2 Å². The maximum atomic E-state index is 10.8. The van der Waals surface area contributed by atoms with Gasteiger partial charge in [-0.25, -0.2) is 4.79 Å². The molecule has 0 atom stereocenters. The Hall–Kier alpha value is -2.18. The first kappa shape index (κ1) is 11.3. The average Bonchev–Trinajstić information content (AvgIpc) is 2.85. The zero-order valence-corrected chi connectivity index (χ0v) is 9.54. The fourth-order valence-electron chi connectivity index (χ4n) is 1.44. The largest absolute Gasteiger partial charge is 0.478 e. The Bertz CT molecular complexity index is 543. The van der Waals surface area contributed by atoms with Crippen molar-refractivity contribution in [3.63, 3.8) is 0 Å². The second kappa shape index (κ2) is 4.36. The highest BCUT2D eigenvalue weighted by Gasteiger charge is 2.13. The number of nitrogens with zero attached hydrogens (tertiary/aromatic N) is 4. The summed E-state index contributed by atoms with van der Waals surface area (Å²) in [5.41, 5.74) is 0.646. The smallest absolute Gasteiger partial charge is 0.339 e. The van der Waals surface area contributed by atoms with Crippen molar-refractivity contribution >= 4 is 5.97 Å². The summed E-state index contributed by atoms with van der Waals surface area (Å²) in [6.45, 7) is 3.84. The van der Waals surface area contributed by atoms with Gasteiger partial charge in [-0.05, 0) is 6.92 Å². The van der Waals surface area contributed by atoms with Gasteiger partial charge in [-0.15, -0.1) is 10.2 Å². The predicted molar refractivity (Wildman–Crippen MR) is 56.7 cm³/mol. The molecular weight excluding hydrogens is 224 g/mol. The molecule has 2 rings (SSSR count). The molecule has 0 bridgehead atoms. The van der Waals surface area contributed by atoms with E-state index >= 15 is 0 Å². The summed E-state index contributed by atoms with van der Waals surface area (Å²) >= 11 is 0. The van der Waals surface area contributed by atoms with Gasteiger partial charge >= 0.3 is 5.97 Å². The highest BCUT2D eigenvalue weighted by atomic mass is 16.4. The lowest BCUT2D eigenvalue weighted by Crippen LogP contribution is -2.00. The van der Waals surface area contributed by atoms with Crippen LogP contribution in [0.4, 0.5) is 0 Å². The number of aromatic carboxylic acids is 1. The molecule has 1 N–H and O–H groups in total. The summed E-state index contributed by atoms with van der Waals surface area (Å²) in [7, 11) is 0. The Morgan fingerprint density at radius 3 is 2.71 bits per heavy atom. The van der Waals surface area contributed by atoms with Crippen molar-refractivity contribution in [1.82, 2.24) is 20.0 Å². The topological polar surface area (TPSA) is 94.0 Å². The molecule has 0 aliphatic heterocycles. The van der Waals surface area contributed by atoms with Gasteiger partial charge in [0.25, 0.3) is 0 Å². The second-order valence-corrected chi connectivity index (χ2v) is 3.57. The van der Waals surface area contributed by atoms with Gasteiger partial charge in [-0.2, -0.15) is 5.10 Å². The van der Waals surface area contributed by atoms with Gasteiger partial charge in [0.1, 0.15) is 12.1 Å². The van der Waals surface area contributed by atoms with Crippen LogP contribution in [-0.2, 0) is 13.0 Å². The van der Waals surface area contributed by atoms with Gasteiger partial charge in [0.2, 0.25) is 11.8 Å². The zero-order chi connectivity index (χ0) is 12.4. The Labute approximate surface area is 97.1 Å². The summed E-state index contributed by atoms with van der Waals surface area (Å²) in [6, 6.07) is 0. The normalized spacial score (nSPS) is 10.7. The molecule has 2 heterocycles.